The van der Waals surface area contributed by atoms with Gasteiger partial charge in [-0.3, -0.25) is 4.79 Å². The van der Waals surface area contributed by atoms with Gasteiger partial charge in [-0.15, -0.1) is 0 Å². The van der Waals surface area contributed by atoms with Gasteiger partial charge in [0.05, 0.1) is 12.7 Å². The minimum atomic E-state index is -0.330. The lowest BCUT2D eigenvalue weighted by molar-refractivity contribution is 0.102. The Kier molecular flexibility index (Phi) is 3.98. The molecule has 0 radical (unpaired) electrons. The molecule has 3 aromatic rings. The van der Waals surface area contributed by atoms with Crippen molar-refractivity contribution in [3.63, 3.8) is 0 Å². The molecule has 0 fully saturated rings. The maximum absolute atomic E-state index is 13.2. The van der Waals surface area contributed by atoms with E-state index in [1.54, 1.807) is 19.1 Å². The highest BCUT2D eigenvalue weighted by Gasteiger charge is 2.15. The van der Waals surface area contributed by atoms with Crippen LogP contribution in [0.1, 0.15) is 15.9 Å². The van der Waals surface area contributed by atoms with E-state index in [0.29, 0.717) is 22.6 Å². The van der Waals surface area contributed by atoms with Gasteiger partial charge in [0.1, 0.15) is 11.6 Å². The number of nitrogens with one attached hydrogen (secondary N) is 1. The lowest BCUT2D eigenvalue weighted by atomic mass is 10.0. The molecule has 0 aromatic heterocycles. The molecule has 0 saturated heterocycles. The van der Waals surface area contributed by atoms with E-state index in [1.807, 2.05) is 30.3 Å². The van der Waals surface area contributed by atoms with Crippen LogP contribution in [-0.2, 0) is 0 Å². The van der Waals surface area contributed by atoms with Gasteiger partial charge in [-0.05, 0) is 53.6 Å². The molecule has 23 heavy (non-hydrogen) atoms. The Morgan fingerprint density at radius 3 is 2.39 bits per heavy atom. The van der Waals surface area contributed by atoms with Crippen molar-refractivity contribution in [3.05, 3.63) is 71.5 Å². The molecule has 116 valence electrons. The first-order valence-electron chi connectivity index (χ1n) is 7.23. The first kappa shape index (κ1) is 15.0. The SMILES string of the molecule is COc1cc2ccccc2cc1C(=O)Nc1ccc(F)cc1C. The van der Waals surface area contributed by atoms with E-state index in [4.69, 9.17) is 4.74 Å². The third kappa shape index (κ3) is 3.01. The highest BCUT2D eigenvalue weighted by molar-refractivity contribution is 6.09. The van der Waals surface area contributed by atoms with Crippen LogP contribution < -0.4 is 10.1 Å². The largest absolute Gasteiger partial charge is 0.496 e. The van der Waals surface area contributed by atoms with Gasteiger partial charge in [-0.1, -0.05) is 24.3 Å². The van der Waals surface area contributed by atoms with Crippen LogP contribution in [0.25, 0.3) is 10.8 Å². The number of amides is 1. The number of halogens is 1. The third-order valence-electron chi connectivity index (χ3n) is 3.75. The van der Waals surface area contributed by atoms with Crippen molar-refractivity contribution >= 4 is 22.4 Å². The van der Waals surface area contributed by atoms with Gasteiger partial charge in [0.2, 0.25) is 0 Å². The molecule has 0 bridgehead atoms. The first-order valence-corrected chi connectivity index (χ1v) is 7.23. The molecular weight excluding hydrogens is 293 g/mol. The summed E-state index contributed by atoms with van der Waals surface area (Å²) in [7, 11) is 1.53. The lowest BCUT2D eigenvalue weighted by Gasteiger charge is -2.12. The molecule has 0 aliphatic heterocycles. The van der Waals surface area contributed by atoms with Crippen LogP contribution >= 0.6 is 0 Å². The Morgan fingerprint density at radius 2 is 1.74 bits per heavy atom. The fourth-order valence-electron chi connectivity index (χ4n) is 2.52. The van der Waals surface area contributed by atoms with Crippen molar-refractivity contribution < 1.29 is 13.9 Å². The Balaban J connectivity index is 1.99. The van der Waals surface area contributed by atoms with Gasteiger partial charge in [0.25, 0.3) is 5.91 Å². The van der Waals surface area contributed by atoms with Crippen LogP contribution in [-0.4, -0.2) is 13.0 Å². The van der Waals surface area contributed by atoms with E-state index in [2.05, 4.69) is 5.32 Å². The van der Waals surface area contributed by atoms with Crippen molar-refractivity contribution in [1.82, 2.24) is 0 Å². The summed E-state index contributed by atoms with van der Waals surface area (Å²) in [4.78, 5) is 12.6. The number of benzene rings is 3. The normalized spacial score (nSPS) is 10.6. The van der Waals surface area contributed by atoms with Crippen LogP contribution in [0.2, 0.25) is 0 Å². The number of fused-ring (bicyclic) bond motifs is 1. The van der Waals surface area contributed by atoms with Crippen LogP contribution in [0.15, 0.2) is 54.6 Å². The topological polar surface area (TPSA) is 38.3 Å². The zero-order valence-corrected chi connectivity index (χ0v) is 12.9. The summed E-state index contributed by atoms with van der Waals surface area (Å²) in [6.07, 6.45) is 0. The number of methoxy groups -OCH3 is 1. The predicted octanol–water partition coefficient (Wildman–Crippen LogP) is 4.55. The number of rotatable bonds is 3. The van der Waals surface area contributed by atoms with E-state index >= 15 is 0 Å². The molecular formula is C19H16FNO2. The van der Waals surface area contributed by atoms with E-state index in [0.717, 1.165) is 10.8 Å². The number of hydrogen-bond acceptors (Lipinski definition) is 2. The Labute approximate surface area is 133 Å². The van der Waals surface area contributed by atoms with Crippen LogP contribution in [0.4, 0.5) is 10.1 Å². The van der Waals surface area contributed by atoms with Crippen molar-refractivity contribution in [1.29, 1.82) is 0 Å². The average Bonchev–Trinajstić information content (AvgIpc) is 2.56. The molecule has 1 amide bonds. The third-order valence-corrected chi connectivity index (χ3v) is 3.75. The summed E-state index contributed by atoms with van der Waals surface area (Å²) in [6, 6.07) is 15.6. The number of aryl methyl sites for hydroxylation is 1. The molecule has 1 N–H and O–H groups in total. The Morgan fingerprint density at radius 1 is 1.04 bits per heavy atom. The smallest absolute Gasteiger partial charge is 0.259 e. The highest BCUT2D eigenvalue weighted by Crippen LogP contribution is 2.27. The van der Waals surface area contributed by atoms with Crippen LogP contribution in [0.5, 0.6) is 5.75 Å². The van der Waals surface area contributed by atoms with Gasteiger partial charge in [0.15, 0.2) is 0 Å². The van der Waals surface area contributed by atoms with Crippen molar-refractivity contribution in [2.45, 2.75) is 6.92 Å². The zero-order valence-electron chi connectivity index (χ0n) is 12.9. The number of ether oxygens (including phenoxy) is 1. The fraction of sp³-hybridized carbons (Fsp3) is 0.105. The van der Waals surface area contributed by atoms with Crippen molar-refractivity contribution in [2.75, 3.05) is 12.4 Å². The van der Waals surface area contributed by atoms with E-state index in [1.165, 1.54) is 19.2 Å². The van der Waals surface area contributed by atoms with Crippen LogP contribution in [0, 0.1) is 12.7 Å². The molecule has 3 rings (SSSR count). The molecule has 4 heteroatoms. The molecule has 0 saturated carbocycles. The second kappa shape index (κ2) is 6.08. The molecule has 0 heterocycles. The van der Waals surface area contributed by atoms with Crippen molar-refractivity contribution in [3.8, 4) is 5.75 Å². The first-order chi connectivity index (χ1) is 11.1. The number of hydrogen-bond donors (Lipinski definition) is 1. The zero-order chi connectivity index (χ0) is 16.4. The predicted molar refractivity (Wildman–Crippen MR) is 89.6 cm³/mol. The fourth-order valence-corrected chi connectivity index (χ4v) is 2.52. The molecule has 0 aliphatic carbocycles. The summed E-state index contributed by atoms with van der Waals surface area (Å²) in [5.74, 6) is -0.118. The summed E-state index contributed by atoms with van der Waals surface area (Å²) in [5, 5.41) is 4.76. The number of anilines is 1. The quantitative estimate of drug-likeness (QED) is 0.771. The molecule has 0 aliphatic rings. The Hall–Kier alpha value is -2.88. The minimum Gasteiger partial charge on any atom is -0.496 e. The standard InChI is InChI=1S/C19H16FNO2/c1-12-9-15(20)7-8-17(12)21-19(22)16-10-13-5-3-4-6-14(13)11-18(16)23-2/h3-11H,1-2H3,(H,21,22). The molecule has 3 aromatic carbocycles. The Bertz CT molecular complexity index is 890. The minimum absolute atomic E-state index is 0.290. The monoisotopic (exact) mass is 309 g/mol. The number of carbonyl (C=O) groups is 1. The maximum atomic E-state index is 13.2. The highest BCUT2D eigenvalue weighted by atomic mass is 19.1. The van der Waals surface area contributed by atoms with Crippen LogP contribution in [0.3, 0.4) is 0 Å². The summed E-state index contributed by atoms with van der Waals surface area (Å²) in [6.45, 7) is 1.75. The maximum Gasteiger partial charge on any atom is 0.259 e. The summed E-state index contributed by atoms with van der Waals surface area (Å²) in [5.41, 5.74) is 1.68. The van der Waals surface area contributed by atoms with E-state index < -0.39 is 0 Å². The second-order valence-corrected chi connectivity index (χ2v) is 5.31. The molecule has 3 nitrogen and oxygen atoms in total. The molecule has 0 unspecified atom stereocenters. The van der Waals surface area contributed by atoms with Gasteiger partial charge in [-0.25, -0.2) is 4.39 Å². The number of carbonyl (C=O) groups excluding carboxylic acids is 1. The van der Waals surface area contributed by atoms with Gasteiger partial charge in [-0.2, -0.15) is 0 Å². The summed E-state index contributed by atoms with van der Waals surface area (Å²) >= 11 is 0. The lowest BCUT2D eigenvalue weighted by Crippen LogP contribution is -2.14. The van der Waals surface area contributed by atoms with Crippen molar-refractivity contribution in [2.24, 2.45) is 0 Å². The molecule has 0 spiro atoms. The van der Waals surface area contributed by atoms with E-state index in [-0.39, 0.29) is 11.7 Å². The van der Waals surface area contributed by atoms with Gasteiger partial charge >= 0.3 is 0 Å². The summed E-state index contributed by atoms with van der Waals surface area (Å²) < 4.78 is 18.5. The molecule has 0 atom stereocenters. The van der Waals surface area contributed by atoms with Gasteiger partial charge < -0.3 is 10.1 Å². The average molecular weight is 309 g/mol. The second-order valence-electron chi connectivity index (χ2n) is 5.31. The van der Waals surface area contributed by atoms with Gasteiger partial charge in [0, 0.05) is 5.69 Å². The van der Waals surface area contributed by atoms with E-state index in [9.17, 15) is 9.18 Å².